The first-order valence-electron chi connectivity index (χ1n) is 7.18. The minimum absolute atomic E-state index is 0.112. The van der Waals surface area contributed by atoms with Crippen molar-refractivity contribution in [2.75, 3.05) is 0 Å². The maximum absolute atomic E-state index is 10.8. The van der Waals surface area contributed by atoms with Gasteiger partial charge >= 0.3 is 0 Å². The number of rotatable bonds is 8. The van der Waals surface area contributed by atoms with Gasteiger partial charge in [-0.1, -0.05) is 51.8 Å². The quantitative estimate of drug-likeness (QED) is 0.428. The van der Waals surface area contributed by atoms with E-state index < -0.39 is 0 Å². The molecule has 0 aliphatic heterocycles. The fourth-order valence-corrected chi connectivity index (χ4v) is 2.31. The highest BCUT2D eigenvalue weighted by Crippen LogP contribution is 2.20. The van der Waals surface area contributed by atoms with Crippen molar-refractivity contribution < 1.29 is 4.79 Å². The fourth-order valence-electron chi connectivity index (χ4n) is 2.31. The Hall–Kier alpha value is -0.850. The maximum atomic E-state index is 10.8. The molecule has 1 unspecified atom stereocenters. The number of ketones is 1. The third kappa shape index (κ3) is 10.3. The number of hydrogen-bond donors (Lipinski definition) is 0. The lowest BCUT2D eigenvalue weighted by Gasteiger charge is -2.15. The van der Waals surface area contributed by atoms with Crippen LogP contribution in [0.15, 0.2) is 23.8 Å². The third-order valence-electron chi connectivity index (χ3n) is 3.12. The summed E-state index contributed by atoms with van der Waals surface area (Å²) in [7, 11) is 0. The highest BCUT2D eigenvalue weighted by atomic mass is 16.1. The lowest BCUT2D eigenvalue weighted by molar-refractivity contribution is -0.112. The second-order valence-electron chi connectivity index (χ2n) is 6.14. The van der Waals surface area contributed by atoms with Gasteiger partial charge in [0.1, 0.15) is 0 Å². The second kappa shape index (κ2) is 9.13. The molecule has 0 aromatic carbocycles. The normalized spacial score (nSPS) is 16.3. The van der Waals surface area contributed by atoms with Crippen molar-refractivity contribution in [1.29, 1.82) is 0 Å². The summed E-state index contributed by atoms with van der Waals surface area (Å²) in [5, 5.41) is 0. The largest absolute Gasteiger partial charge is 0.295 e. The Balaban J connectivity index is 4.06. The van der Waals surface area contributed by atoms with E-state index in [1.54, 1.807) is 13.0 Å². The predicted octanol–water partition coefficient (Wildman–Crippen LogP) is 5.18. The molecule has 0 aliphatic carbocycles. The first kappa shape index (κ1) is 17.2. The number of allylic oxidation sites excluding steroid dienone is 4. The molecule has 0 aliphatic rings. The molecule has 1 nitrogen and oxygen atoms in total. The molecule has 0 rings (SSSR count). The van der Waals surface area contributed by atoms with E-state index in [1.165, 1.54) is 24.8 Å². The van der Waals surface area contributed by atoms with Gasteiger partial charge in [-0.2, -0.15) is 0 Å². The molecule has 0 amide bonds. The van der Waals surface area contributed by atoms with Crippen molar-refractivity contribution in [3.05, 3.63) is 23.8 Å². The van der Waals surface area contributed by atoms with Gasteiger partial charge in [-0.15, -0.1) is 0 Å². The van der Waals surface area contributed by atoms with Gasteiger partial charge in [-0.05, 0) is 50.5 Å². The molecule has 0 saturated heterocycles. The highest BCUT2D eigenvalue weighted by molar-refractivity contribution is 5.87. The Morgan fingerprint density at radius 2 is 1.61 bits per heavy atom. The fraction of sp³-hybridized carbons (Fsp3) is 0.706. The SMILES string of the molecule is CC(=O)/C=C/C(C)=C/[C@H](C)CCC(C)CC(C)C. The summed E-state index contributed by atoms with van der Waals surface area (Å²) in [6.07, 6.45) is 9.66. The minimum atomic E-state index is 0.112. The first-order valence-corrected chi connectivity index (χ1v) is 7.18. The van der Waals surface area contributed by atoms with Crippen molar-refractivity contribution in [3.63, 3.8) is 0 Å². The van der Waals surface area contributed by atoms with Gasteiger partial charge in [-0.3, -0.25) is 4.79 Å². The van der Waals surface area contributed by atoms with Crippen LogP contribution in [-0.2, 0) is 4.79 Å². The average molecular weight is 250 g/mol. The van der Waals surface area contributed by atoms with Gasteiger partial charge in [0, 0.05) is 0 Å². The van der Waals surface area contributed by atoms with E-state index in [-0.39, 0.29) is 5.78 Å². The van der Waals surface area contributed by atoms with Crippen LogP contribution in [0.4, 0.5) is 0 Å². The molecule has 0 radical (unpaired) electrons. The zero-order valence-electron chi connectivity index (χ0n) is 13.0. The maximum Gasteiger partial charge on any atom is 0.152 e. The zero-order chi connectivity index (χ0) is 14.1. The minimum Gasteiger partial charge on any atom is -0.295 e. The predicted molar refractivity (Wildman–Crippen MR) is 80.6 cm³/mol. The highest BCUT2D eigenvalue weighted by Gasteiger charge is 2.07. The van der Waals surface area contributed by atoms with Gasteiger partial charge in [0.05, 0.1) is 0 Å². The van der Waals surface area contributed by atoms with Crippen molar-refractivity contribution in [3.8, 4) is 0 Å². The lowest BCUT2D eigenvalue weighted by Crippen LogP contribution is -2.02. The van der Waals surface area contributed by atoms with Crippen LogP contribution < -0.4 is 0 Å². The summed E-state index contributed by atoms with van der Waals surface area (Å²) in [6, 6.07) is 0. The van der Waals surface area contributed by atoms with Crippen molar-refractivity contribution >= 4 is 5.78 Å². The number of carbonyl (C=O) groups excluding carboxylic acids is 1. The van der Waals surface area contributed by atoms with E-state index >= 15 is 0 Å². The zero-order valence-corrected chi connectivity index (χ0v) is 13.0. The first-order chi connectivity index (χ1) is 8.31. The summed E-state index contributed by atoms with van der Waals surface area (Å²) in [6.45, 7) is 12.8. The van der Waals surface area contributed by atoms with Gasteiger partial charge in [0.15, 0.2) is 5.78 Å². The van der Waals surface area contributed by atoms with E-state index in [0.717, 1.165) is 11.8 Å². The van der Waals surface area contributed by atoms with Crippen molar-refractivity contribution in [1.82, 2.24) is 0 Å². The van der Waals surface area contributed by atoms with Gasteiger partial charge < -0.3 is 0 Å². The van der Waals surface area contributed by atoms with Crippen LogP contribution in [0.2, 0.25) is 0 Å². The van der Waals surface area contributed by atoms with Crippen LogP contribution in [0.25, 0.3) is 0 Å². The summed E-state index contributed by atoms with van der Waals surface area (Å²) in [5.41, 5.74) is 1.19. The molecular formula is C17H30O. The van der Waals surface area contributed by atoms with E-state index in [9.17, 15) is 4.79 Å². The summed E-state index contributed by atoms with van der Waals surface area (Å²) in [5.74, 6) is 2.32. The van der Waals surface area contributed by atoms with Gasteiger partial charge in [0.2, 0.25) is 0 Å². The molecule has 18 heavy (non-hydrogen) atoms. The number of carbonyl (C=O) groups is 1. The second-order valence-corrected chi connectivity index (χ2v) is 6.14. The van der Waals surface area contributed by atoms with Crippen LogP contribution in [-0.4, -0.2) is 5.78 Å². The molecule has 1 heteroatoms. The molecule has 0 fully saturated rings. The summed E-state index contributed by atoms with van der Waals surface area (Å²) in [4.78, 5) is 10.8. The summed E-state index contributed by atoms with van der Waals surface area (Å²) < 4.78 is 0. The molecular weight excluding hydrogens is 220 g/mol. The van der Waals surface area contributed by atoms with Crippen molar-refractivity contribution in [2.24, 2.45) is 17.8 Å². The topological polar surface area (TPSA) is 17.1 Å². The monoisotopic (exact) mass is 250 g/mol. The van der Waals surface area contributed by atoms with E-state index in [1.807, 2.05) is 6.08 Å². The average Bonchev–Trinajstić information content (AvgIpc) is 2.22. The van der Waals surface area contributed by atoms with Crippen LogP contribution in [0.3, 0.4) is 0 Å². The van der Waals surface area contributed by atoms with Crippen molar-refractivity contribution in [2.45, 2.75) is 60.8 Å². The smallest absolute Gasteiger partial charge is 0.152 e. The van der Waals surface area contributed by atoms with Crippen LogP contribution >= 0.6 is 0 Å². The van der Waals surface area contributed by atoms with Crippen LogP contribution in [0.5, 0.6) is 0 Å². The standard InChI is InChI=1S/C17H30O/c1-13(2)11-14(3)7-8-15(4)12-16(5)9-10-17(6)18/h9-10,12-15H,7-8,11H2,1-6H3/b10-9+,16-12+/t14?,15-/m1/s1. The molecule has 0 N–H and O–H groups in total. The Kier molecular flexibility index (Phi) is 8.70. The molecule has 0 aromatic heterocycles. The molecule has 0 saturated carbocycles. The molecule has 2 atom stereocenters. The number of hydrogen-bond acceptors (Lipinski definition) is 1. The molecule has 104 valence electrons. The third-order valence-corrected chi connectivity index (χ3v) is 3.12. The van der Waals surface area contributed by atoms with Crippen LogP contribution in [0.1, 0.15) is 60.8 Å². The van der Waals surface area contributed by atoms with E-state index in [4.69, 9.17) is 0 Å². The van der Waals surface area contributed by atoms with E-state index in [0.29, 0.717) is 5.92 Å². The summed E-state index contributed by atoms with van der Waals surface area (Å²) >= 11 is 0. The molecule has 0 spiro atoms. The Morgan fingerprint density at radius 1 is 1.00 bits per heavy atom. The Morgan fingerprint density at radius 3 is 2.11 bits per heavy atom. The molecule has 0 bridgehead atoms. The van der Waals surface area contributed by atoms with Crippen LogP contribution in [0, 0.1) is 17.8 Å². The lowest BCUT2D eigenvalue weighted by atomic mass is 9.91. The van der Waals surface area contributed by atoms with Gasteiger partial charge in [0.25, 0.3) is 0 Å². The Bertz CT molecular complexity index is 297. The molecule has 0 heterocycles. The Labute approximate surface area is 113 Å². The van der Waals surface area contributed by atoms with Gasteiger partial charge in [-0.25, -0.2) is 0 Å². The molecule has 0 aromatic rings. The van der Waals surface area contributed by atoms with E-state index in [2.05, 4.69) is 40.7 Å².